The molecule has 0 fully saturated rings. The number of carbonyl (C=O) groups excluding carboxylic acids is 1. The number of hydrogen-bond acceptors (Lipinski definition) is 3. The molecule has 0 aliphatic carbocycles. The molecule has 0 bridgehead atoms. The Morgan fingerprint density at radius 2 is 1.95 bits per heavy atom. The number of aryl methyl sites for hydroxylation is 1. The zero-order valence-electron chi connectivity index (χ0n) is 11.0. The van der Waals surface area contributed by atoms with E-state index in [4.69, 9.17) is 17.2 Å². The number of aromatic nitrogens is 1. The molecule has 20 heavy (non-hydrogen) atoms. The highest BCUT2D eigenvalue weighted by Crippen LogP contribution is 2.31. The van der Waals surface area contributed by atoms with Crippen molar-refractivity contribution < 1.29 is 4.79 Å². The molecule has 102 valence electrons. The average molecular weight is 269 g/mol. The van der Waals surface area contributed by atoms with Crippen molar-refractivity contribution in [1.82, 2.24) is 4.98 Å². The Labute approximate surface area is 116 Å². The zero-order valence-corrected chi connectivity index (χ0v) is 11.0. The van der Waals surface area contributed by atoms with Crippen molar-refractivity contribution in [2.45, 2.75) is 6.92 Å². The minimum atomic E-state index is -0.552. The fraction of sp³-hybridized carbons (Fsp3) is 0.0714. The molecule has 0 atom stereocenters. The zero-order chi connectivity index (χ0) is 14.7. The van der Waals surface area contributed by atoms with Crippen LogP contribution in [0, 0.1) is 6.92 Å². The monoisotopic (exact) mass is 269 g/mol. The van der Waals surface area contributed by atoms with E-state index in [-0.39, 0.29) is 5.96 Å². The number of rotatable bonds is 3. The van der Waals surface area contributed by atoms with Crippen molar-refractivity contribution in [2.75, 3.05) is 0 Å². The van der Waals surface area contributed by atoms with E-state index >= 15 is 0 Å². The van der Waals surface area contributed by atoms with Crippen LogP contribution in [-0.4, -0.2) is 16.9 Å². The van der Waals surface area contributed by atoms with Crippen molar-refractivity contribution in [3.63, 3.8) is 0 Å². The van der Waals surface area contributed by atoms with Crippen LogP contribution in [0.5, 0.6) is 0 Å². The first-order valence-corrected chi connectivity index (χ1v) is 5.94. The SMILES string of the molecule is Cc1ccc(-c2ncccc2C(N)=O)c(N=C(N)N)c1. The van der Waals surface area contributed by atoms with Gasteiger partial charge in [0.05, 0.1) is 16.9 Å². The highest BCUT2D eigenvalue weighted by molar-refractivity contribution is 6.00. The maximum Gasteiger partial charge on any atom is 0.250 e. The lowest BCUT2D eigenvalue weighted by Gasteiger charge is -2.09. The van der Waals surface area contributed by atoms with E-state index in [1.54, 1.807) is 18.3 Å². The van der Waals surface area contributed by atoms with Gasteiger partial charge in [-0.2, -0.15) is 0 Å². The third kappa shape index (κ3) is 2.74. The second-order valence-corrected chi connectivity index (χ2v) is 4.32. The van der Waals surface area contributed by atoms with E-state index in [1.807, 2.05) is 25.1 Å². The molecule has 6 N–H and O–H groups in total. The Bertz CT molecular complexity index is 690. The van der Waals surface area contributed by atoms with E-state index in [0.29, 0.717) is 22.5 Å². The van der Waals surface area contributed by atoms with Crippen molar-refractivity contribution in [3.05, 3.63) is 47.7 Å². The number of primary amides is 1. The predicted molar refractivity (Wildman–Crippen MR) is 78.4 cm³/mol. The summed E-state index contributed by atoms with van der Waals surface area (Å²) in [4.78, 5) is 19.8. The average Bonchev–Trinajstić information content (AvgIpc) is 2.38. The Hall–Kier alpha value is -2.89. The Morgan fingerprint density at radius 3 is 2.60 bits per heavy atom. The summed E-state index contributed by atoms with van der Waals surface area (Å²) < 4.78 is 0. The number of nitrogens with two attached hydrogens (primary N) is 3. The molecular formula is C14H15N5O. The molecular weight excluding hydrogens is 254 g/mol. The lowest BCUT2D eigenvalue weighted by molar-refractivity contribution is 0.100. The molecule has 0 radical (unpaired) electrons. The van der Waals surface area contributed by atoms with Gasteiger partial charge in [0.1, 0.15) is 0 Å². The van der Waals surface area contributed by atoms with Gasteiger partial charge in [-0.25, -0.2) is 4.99 Å². The summed E-state index contributed by atoms with van der Waals surface area (Å²) in [5, 5.41) is 0. The molecule has 6 heteroatoms. The number of guanidine groups is 1. The normalized spacial score (nSPS) is 10.1. The van der Waals surface area contributed by atoms with Crippen molar-refractivity contribution in [1.29, 1.82) is 0 Å². The quantitative estimate of drug-likeness (QED) is 0.569. The van der Waals surface area contributed by atoms with Crippen LogP contribution in [0.2, 0.25) is 0 Å². The summed E-state index contributed by atoms with van der Waals surface area (Å²) in [7, 11) is 0. The smallest absolute Gasteiger partial charge is 0.250 e. The molecule has 0 aliphatic rings. The van der Waals surface area contributed by atoms with E-state index in [1.165, 1.54) is 0 Å². The predicted octanol–water partition coefficient (Wildman–Crippen LogP) is 1.06. The lowest BCUT2D eigenvalue weighted by Crippen LogP contribution is -2.22. The standard InChI is InChI=1S/C14H15N5O/c1-8-4-5-9(11(7-8)19-14(16)17)12-10(13(15)20)3-2-6-18-12/h2-7H,1H3,(H2,15,20)(H4,16,17,19). The number of benzene rings is 1. The van der Waals surface area contributed by atoms with Crippen molar-refractivity contribution in [3.8, 4) is 11.3 Å². The van der Waals surface area contributed by atoms with E-state index < -0.39 is 5.91 Å². The van der Waals surface area contributed by atoms with Gasteiger partial charge in [0, 0.05) is 11.8 Å². The van der Waals surface area contributed by atoms with Gasteiger partial charge in [0.15, 0.2) is 5.96 Å². The van der Waals surface area contributed by atoms with Gasteiger partial charge >= 0.3 is 0 Å². The van der Waals surface area contributed by atoms with E-state index in [2.05, 4.69) is 9.98 Å². The second kappa shape index (κ2) is 5.40. The van der Waals surface area contributed by atoms with Gasteiger partial charge in [-0.05, 0) is 30.7 Å². The Kier molecular flexibility index (Phi) is 3.65. The van der Waals surface area contributed by atoms with Crippen LogP contribution in [0.4, 0.5) is 5.69 Å². The molecule has 1 aromatic heterocycles. The van der Waals surface area contributed by atoms with Gasteiger partial charge in [-0.3, -0.25) is 9.78 Å². The minimum absolute atomic E-state index is 0.0617. The molecule has 0 spiro atoms. The first-order valence-electron chi connectivity index (χ1n) is 5.94. The molecule has 2 rings (SSSR count). The lowest BCUT2D eigenvalue weighted by atomic mass is 10.0. The van der Waals surface area contributed by atoms with E-state index in [9.17, 15) is 4.79 Å². The van der Waals surface area contributed by atoms with Crippen LogP contribution in [0.25, 0.3) is 11.3 Å². The number of aliphatic imine (C=N–C) groups is 1. The van der Waals surface area contributed by atoms with Crippen LogP contribution < -0.4 is 17.2 Å². The topological polar surface area (TPSA) is 120 Å². The van der Waals surface area contributed by atoms with Crippen LogP contribution >= 0.6 is 0 Å². The third-order valence-electron chi connectivity index (χ3n) is 2.73. The van der Waals surface area contributed by atoms with Gasteiger partial charge in [-0.15, -0.1) is 0 Å². The van der Waals surface area contributed by atoms with Crippen LogP contribution in [-0.2, 0) is 0 Å². The second-order valence-electron chi connectivity index (χ2n) is 4.32. The molecule has 1 amide bonds. The molecule has 0 saturated carbocycles. The van der Waals surface area contributed by atoms with Gasteiger partial charge in [0.2, 0.25) is 0 Å². The number of hydrogen-bond donors (Lipinski definition) is 3. The largest absolute Gasteiger partial charge is 0.370 e. The fourth-order valence-electron chi connectivity index (χ4n) is 1.89. The number of pyridine rings is 1. The fourth-order valence-corrected chi connectivity index (χ4v) is 1.89. The molecule has 1 aromatic carbocycles. The molecule has 0 aliphatic heterocycles. The molecule has 6 nitrogen and oxygen atoms in total. The van der Waals surface area contributed by atoms with Crippen LogP contribution in [0.1, 0.15) is 15.9 Å². The van der Waals surface area contributed by atoms with Gasteiger partial charge in [0.25, 0.3) is 5.91 Å². The highest BCUT2D eigenvalue weighted by Gasteiger charge is 2.14. The summed E-state index contributed by atoms with van der Waals surface area (Å²) in [6.07, 6.45) is 1.58. The maximum absolute atomic E-state index is 11.5. The molecule has 0 saturated heterocycles. The van der Waals surface area contributed by atoms with Crippen LogP contribution in [0.3, 0.4) is 0 Å². The van der Waals surface area contributed by atoms with Crippen LogP contribution in [0.15, 0.2) is 41.5 Å². The van der Waals surface area contributed by atoms with Gasteiger partial charge < -0.3 is 17.2 Å². The first kappa shape index (κ1) is 13.5. The summed E-state index contributed by atoms with van der Waals surface area (Å²) in [6.45, 7) is 1.92. The third-order valence-corrected chi connectivity index (χ3v) is 2.73. The number of carbonyl (C=O) groups is 1. The summed E-state index contributed by atoms with van der Waals surface area (Å²) >= 11 is 0. The summed E-state index contributed by atoms with van der Waals surface area (Å²) in [5.41, 5.74) is 19.2. The summed E-state index contributed by atoms with van der Waals surface area (Å²) in [6, 6.07) is 8.78. The molecule has 2 aromatic rings. The minimum Gasteiger partial charge on any atom is -0.370 e. The summed E-state index contributed by atoms with van der Waals surface area (Å²) in [5.74, 6) is -0.613. The van der Waals surface area contributed by atoms with Gasteiger partial charge in [-0.1, -0.05) is 12.1 Å². The molecule has 1 heterocycles. The van der Waals surface area contributed by atoms with E-state index in [0.717, 1.165) is 5.56 Å². The molecule has 0 unspecified atom stereocenters. The maximum atomic E-state index is 11.5. The Morgan fingerprint density at radius 1 is 1.20 bits per heavy atom. The Balaban J connectivity index is 2.70. The number of amides is 1. The number of nitrogens with zero attached hydrogens (tertiary/aromatic N) is 2. The van der Waals surface area contributed by atoms with Crippen molar-refractivity contribution in [2.24, 2.45) is 22.2 Å². The first-order chi connectivity index (χ1) is 9.49. The highest BCUT2D eigenvalue weighted by atomic mass is 16.1. The van der Waals surface area contributed by atoms with Crippen molar-refractivity contribution >= 4 is 17.6 Å².